The molecule has 1 atom stereocenters. The molecular formula is C62H100O6. The fourth-order valence-electron chi connectivity index (χ4n) is 7.19. The lowest BCUT2D eigenvalue weighted by molar-refractivity contribution is -0.166. The molecule has 0 aromatic heterocycles. The summed E-state index contributed by atoms with van der Waals surface area (Å²) in [6.07, 6.45) is 76.2. The Morgan fingerprint density at radius 3 is 1.18 bits per heavy atom. The van der Waals surface area contributed by atoms with Crippen LogP contribution in [0, 0.1) is 0 Å². The molecule has 0 aliphatic rings. The van der Waals surface area contributed by atoms with Gasteiger partial charge in [-0.05, 0) is 89.9 Å². The van der Waals surface area contributed by atoms with Crippen LogP contribution in [-0.4, -0.2) is 37.2 Å². The Balaban J connectivity index is 4.50. The molecule has 384 valence electrons. The Hall–Kier alpha value is -4.19. The highest BCUT2D eigenvalue weighted by molar-refractivity contribution is 5.71. The largest absolute Gasteiger partial charge is 0.462 e. The van der Waals surface area contributed by atoms with Crippen LogP contribution in [0.15, 0.2) is 122 Å². The minimum absolute atomic E-state index is 0.112. The summed E-state index contributed by atoms with van der Waals surface area (Å²) >= 11 is 0. The van der Waals surface area contributed by atoms with Crippen molar-refractivity contribution in [1.82, 2.24) is 0 Å². The predicted molar refractivity (Wildman–Crippen MR) is 293 cm³/mol. The second kappa shape index (κ2) is 55.4. The zero-order valence-corrected chi connectivity index (χ0v) is 43.8. The van der Waals surface area contributed by atoms with E-state index in [2.05, 4.69) is 99.8 Å². The van der Waals surface area contributed by atoms with Gasteiger partial charge in [-0.15, -0.1) is 0 Å². The van der Waals surface area contributed by atoms with Gasteiger partial charge in [0.15, 0.2) is 6.10 Å². The predicted octanol–water partition coefficient (Wildman–Crippen LogP) is 18.5. The Morgan fingerprint density at radius 2 is 0.691 bits per heavy atom. The number of carbonyl (C=O) groups is 3. The van der Waals surface area contributed by atoms with Crippen LogP contribution in [0.5, 0.6) is 0 Å². The molecular weight excluding hydrogens is 841 g/mol. The van der Waals surface area contributed by atoms with Crippen molar-refractivity contribution in [3.8, 4) is 0 Å². The quantitative estimate of drug-likeness (QED) is 0.0199. The van der Waals surface area contributed by atoms with Crippen LogP contribution in [0.25, 0.3) is 0 Å². The number of esters is 3. The molecule has 0 aromatic carbocycles. The van der Waals surface area contributed by atoms with Crippen LogP contribution in [0.4, 0.5) is 0 Å². The van der Waals surface area contributed by atoms with E-state index in [0.29, 0.717) is 12.8 Å². The number of hydrogen-bond donors (Lipinski definition) is 0. The highest BCUT2D eigenvalue weighted by atomic mass is 16.6. The Kier molecular flexibility index (Phi) is 52.0. The molecule has 0 fully saturated rings. The number of unbranched alkanes of at least 4 members (excludes halogenated alkanes) is 21. The smallest absolute Gasteiger partial charge is 0.306 e. The molecule has 0 rings (SSSR count). The van der Waals surface area contributed by atoms with Gasteiger partial charge < -0.3 is 14.2 Å². The summed E-state index contributed by atoms with van der Waals surface area (Å²) in [5.74, 6) is -1.02. The van der Waals surface area contributed by atoms with Crippen molar-refractivity contribution in [2.75, 3.05) is 13.2 Å². The molecule has 0 aromatic rings. The van der Waals surface area contributed by atoms with Crippen LogP contribution < -0.4 is 0 Å². The third kappa shape index (κ3) is 52.8. The fraction of sp³-hybridized carbons (Fsp3) is 0.629. The van der Waals surface area contributed by atoms with E-state index >= 15 is 0 Å². The summed E-state index contributed by atoms with van der Waals surface area (Å²) in [6.45, 7) is 6.35. The average Bonchev–Trinajstić information content (AvgIpc) is 3.34. The van der Waals surface area contributed by atoms with E-state index in [9.17, 15) is 14.4 Å². The van der Waals surface area contributed by atoms with Crippen LogP contribution in [0.3, 0.4) is 0 Å². The van der Waals surface area contributed by atoms with Crippen LogP contribution in [0.1, 0.15) is 233 Å². The van der Waals surface area contributed by atoms with Crippen LogP contribution in [0.2, 0.25) is 0 Å². The topological polar surface area (TPSA) is 78.9 Å². The molecule has 0 aliphatic carbocycles. The van der Waals surface area contributed by atoms with Gasteiger partial charge in [0, 0.05) is 19.3 Å². The molecule has 0 aliphatic heterocycles. The van der Waals surface area contributed by atoms with Crippen molar-refractivity contribution in [1.29, 1.82) is 0 Å². The summed E-state index contributed by atoms with van der Waals surface area (Å²) in [4.78, 5) is 38.1. The number of carbonyl (C=O) groups excluding carboxylic acids is 3. The van der Waals surface area contributed by atoms with E-state index in [1.165, 1.54) is 83.5 Å². The first-order valence-electron chi connectivity index (χ1n) is 27.6. The first kappa shape index (κ1) is 63.8. The lowest BCUT2D eigenvalue weighted by atomic mass is 10.1. The highest BCUT2D eigenvalue weighted by Gasteiger charge is 2.19. The molecule has 1 unspecified atom stereocenters. The fourth-order valence-corrected chi connectivity index (χ4v) is 7.19. The average molecular weight is 941 g/mol. The number of allylic oxidation sites excluding steroid dienone is 20. The molecule has 0 saturated heterocycles. The lowest BCUT2D eigenvalue weighted by Gasteiger charge is -2.18. The third-order valence-electron chi connectivity index (χ3n) is 11.3. The van der Waals surface area contributed by atoms with Gasteiger partial charge in [-0.3, -0.25) is 14.4 Å². The molecule has 0 radical (unpaired) electrons. The molecule has 0 N–H and O–H groups in total. The summed E-state index contributed by atoms with van der Waals surface area (Å²) < 4.78 is 16.8. The highest BCUT2D eigenvalue weighted by Crippen LogP contribution is 2.14. The molecule has 68 heavy (non-hydrogen) atoms. The second-order valence-electron chi connectivity index (χ2n) is 17.9. The number of ether oxygens (including phenoxy) is 3. The van der Waals surface area contributed by atoms with Crippen LogP contribution >= 0.6 is 0 Å². The first-order chi connectivity index (χ1) is 33.5. The van der Waals surface area contributed by atoms with Gasteiger partial charge in [0.25, 0.3) is 0 Å². The Labute approximate surface area is 418 Å². The molecule has 6 nitrogen and oxygen atoms in total. The van der Waals surface area contributed by atoms with E-state index in [1.54, 1.807) is 0 Å². The van der Waals surface area contributed by atoms with Gasteiger partial charge in [0.2, 0.25) is 0 Å². The van der Waals surface area contributed by atoms with Crippen LogP contribution in [-0.2, 0) is 28.6 Å². The molecule has 0 heterocycles. The normalized spacial score (nSPS) is 13.0. The molecule has 0 spiro atoms. The number of rotatable bonds is 48. The molecule has 0 bridgehead atoms. The maximum Gasteiger partial charge on any atom is 0.306 e. The van der Waals surface area contributed by atoms with E-state index < -0.39 is 6.10 Å². The van der Waals surface area contributed by atoms with Crippen molar-refractivity contribution < 1.29 is 28.6 Å². The Morgan fingerprint density at radius 1 is 0.324 bits per heavy atom. The minimum Gasteiger partial charge on any atom is -0.462 e. The van der Waals surface area contributed by atoms with Crippen molar-refractivity contribution in [3.63, 3.8) is 0 Å². The summed E-state index contributed by atoms with van der Waals surface area (Å²) in [6, 6.07) is 0. The van der Waals surface area contributed by atoms with Gasteiger partial charge >= 0.3 is 17.9 Å². The van der Waals surface area contributed by atoms with Gasteiger partial charge in [-0.1, -0.05) is 245 Å². The minimum atomic E-state index is -0.820. The molecule has 0 amide bonds. The van der Waals surface area contributed by atoms with E-state index in [4.69, 9.17) is 14.2 Å². The summed E-state index contributed by atoms with van der Waals surface area (Å²) in [5, 5.41) is 0. The SMILES string of the molecule is CC/C=C/C/C=C/C/C=C/CCCCCCCCCCCC(=O)OCC(COC(=O)CC/C=C/C/C=C/CCCCCCCC)OC(=O)CCCCCCC/C=C/C=C/C=C/C=C/C=C/CCC. The maximum absolute atomic E-state index is 12.8. The zero-order valence-electron chi connectivity index (χ0n) is 43.8. The molecule has 0 saturated carbocycles. The van der Waals surface area contributed by atoms with E-state index in [0.717, 1.165) is 103 Å². The summed E-state index contributed by atoms with van der Waals surface area (Å²) in [5.41, 5.74) is 0. The zero-order chi connectivity index (χ0) is 49.3. The monoisotopic (exact) mass is 941 g/mol. The van der Waals surface area contributed by atoms with Crippen molar-refractivity contribution in [3.05, 3.63) is 122 Å². The lowest BCUT2D eigenvalue weighted by Crippen LogP contribution is -2.30. The van der Waals surface area contributed by atoms with Crippen molar-refractivity contribution in [2.24, 2.45) is 0 Å². The van der Waals surface area contributed by atoms with E-state index in [-0.39, 0.29) is 44.0 Å². The Bertz CT molecular complexity index is 1450. The van der Waals surface area contributed by atoms with Gasteiger partial charge in [-0.2, -0.15) is 0 Å². The standard InChI is InChI=1S/C62H100O6/c1-4-7-10-13-16-19-22-25-27-29-31-33-34-37-40-43-46-49-52-55-61(64)67-58-59(57-66-60(63)54-51-48-45-42-39-36-24-21-18-15-12-9-6-3)68-62(65)56-53-50-47-44-41-38-35-32-30-28-26-23-20-17-14-11-8-5-2/h7,10-11,14,16-17,19-20,23,25-28,30,32,35-36,39,45,48,59H,4-6,8-9,12-13,15,18,21-22,24,29,31,33-34,37-38,40-44,46-47,49-58H2,1-3H3/b10-7+,14-11+,19-16+,20-17+,26-23+,27-25+,30-28+,35-32+,39-36+,48-45+. The molecule has 6 heteroatoms. The second-order valence-corrected chi connectivity index (χ2v) is 17.9. The van der Waals surface area contributed by atoms with Gasteiger partial charge in [0.1, 0.15) is 13.2 Å². The van der Waals surface area contributed by atoms with E-state index in [1.807, 2.05) is 42.5 Å². The third-order valence-corrected chi connectivity index (χ3v) is 11.3. The van der Waals surface area contributed by atoms with Crippen molar-refractivity contribution in [2.45, 2.75) is 239 Å². The van der Waals surface area contributed by atoms with Gasteiger partial charge in [-0.25, -0.2) is 0 Å². The summed E-state index contributed by atoms with van der Waals surface area (Å²) in [7, 11) is 0. The maximum atomic E-state index is 12.8. The van der Waals surface area contributed by atoms with Gasteiger partial charge in [0.05, 0.1) is 0 Å². The first-order valence-corrected chi connectivity index (χ1v) is 27.6. The van der Waals surface area contributed by atoms with Crippen molar-refractivity contribution >= 4 is 17.9 Å². The number of hydrogen-bond acceptors (Lipinski definition) is 6.